The summed E-state index contributed by atoms with van der Waals surface area (Å²) in [6, 6.07) is 1.57. The molecular weight excluding hydrogens is 355 g/mol. The Morgan fingerprint density at radius 1 is 1.43 bits per heavy atom. The van der Waals surface area contributed by atoms with Crippen LogP contribution in [0.15, 0.2) is 16.6 Å². The highest BCUT2D eigenvalue weighted by atomic mass is 79.9. The number of aliphatic hydroxyl groups is 1. The van der Waals surface area contributed by atoms with Gasteiger partial charge in [0.1, 0.15) is 0 Å². The number of benzene rings is 1. The number of rotatable bonds is 3. The normalized spacial score (nSPS) is 25.3. The summed E-state index contributed by atoms with van der Waals surface area (Å²) in [7, 11) is 0. The Bertz CT molecular complexity index is 579. The number of nitrogens with one attached hydrogen (secondary N) is 1. The highest BCUT2D eigenvalue weighted by molar-refractivity contribution is 9.10. The summed E-state index contributed by atoms with van der Waals surface area (Å²) >= 11 is 2.89. The molecule has 1 fully saturated rings. The summed E-state index contributed by atoms with van der Waals surface area (Å²) < 4.78 is 39.3. The van der Waals surface area contributed by atoms with Crippen LogP contribution in [0.1, 0.15) is 35.7 Å². The molecule has 0 aliphatic heterocycles. The van der Waals surface area contributed by atoms with Gasteiger partial charge >= 0.3 is 12.1 Å². The Hall–Kier alpha value is -1.28. The largest absolute Gasteiger partial charge is 0.478 e. The van der Waals surface area contributed by atoms with Gasteiger partial charge < -0.3 is 15.5 Å². The number of carboxylic acid groups (broad SMARTS) is 1. The number of alkyl halides is 3. The van der Waals surface area contributed by atoms with E-state index in [0.29, 0.717) is 0 Å². The van der Waals surface area contributed by atoms with E-state index in [1.165, 1.54) is 0 Å². The molecule has 21 heavy (non-hydrogen) atoms. The summed E-state index contributed by atoms with van der Waals surface area (Å²) in [4.78, 5) is 11.2. The molecule has 3 N–H and O–H groups in total. The van der Waals surface area contributed by atoms with Crippen LogP contribution in [-0.2, 0) is 6.18 Å². The number of hydrogen-bond donors (Lipinski definition) is 3. The zero-order chi connectivity index (χ0) is 16.0. The molecule has 0 saturated heterocycles. The minimum atomic E-state index is -4.68. The van der Waals surface area contributed by atoms with E-state index in [-0.39, 0.29) is 23.4 Å². The Kier molecular flexibility index (Phi) is 3.96. The molecule has 2 rings (SSSR count). The van der Waals surface area contributed by atoms with Crippen molar-refractivity contribution in [3.63, 3.8) is 0 Å². The van der Waals surface area contributed by atoms with Gasteiger partial charge in [0.2, 0.25) is 0 Å². The summed E-state index contributed by atoms with van der Waals surface area (Å²) in [5.74, 6) is -1.45. The molecule has 0 aromatic heterocycles. The summed E-state index contributed by atoms with van der Waals surface area (Å²) in [5.41, 5.74) is -2.88. The van der Waals surface area contributed by atoms with Crippen LogP contribution in [0.5, 0.6) is 0 Å². The van der Waals surface area contributed by atoms with Gasteiger partial charge in [-0.25, -0.2) is 4.79 Å². The zero-order valence-corrected chi connectivity index (χ0v) is 12.5. The fourth-order valence-electron chi connectivity index (χ4n) is 2.46. The topological polar surface area (TPSA) is 69.6 Å². The molecule has 1 aliphatic rings. The van der Waals surface area contributed by atoms with Gasteiger partial charge in [-0.1, -0.05) is 15.9 Å². The first-order valence-electron chi connectivity index (χ1n) is 6.12. The van der Waals surface area contributed by atoms with Crippen molar-refractivity contribution in [3.8, 4) is 0 Å². The Morgan fingerprint density at radius 3 is 2.43 bits per heavy atom. The van der Waals surface area contributed by atoms with E-state index in [4.69, 9.17) is 5.11 Å². The van der Waals surface area contributed by atoms with Crippen molar-refractivity contribution in [1.82, 2.24) is 0 Å². The lowest BCUT2D eigenvalue weighted by atomic mass is 9.77. The first kappa shape index (κ1) is 16.1. The van der Waals surface area contributed by atoms with Crippen molar-refractivity contribution < 1.29 is 28.2 Å². The standard InChI is InChI=1S/C13H13BrF3NO3/c1-12(21)4-7(5-12)18-10-8(11(19)20)2-6(14)3-9(10)13(15,16)17/h2-3,7,18,21H,4-5H2,1H3,(H,19,20). The van der Waals surface area contributed by atoms with Crippen molar-refractivity contribution in [2.45, 2.75) is 37.6 Å². The molecule has 8 heteroatoms. The number of aromatic carboxylic acids is 1. The second-order valence-electron chi connectivity index (χ2n) is 5.43. The van der Waals surface area contributed by atoms with E-state index in [1.54, 1.807) is 6.92 Å². The fraction of sp³-hybridized carbons (Fsp3) is 0.462. The molecule has 0 bridgehead atoms. The molecular formula is C13H13BrF3NO3. The van der Waals surface area contributed by atoms with Gasteiger partial charge in [-0.15, -0.1) is 0 Å². The molecule has 1 aliphatic carbocycles. The third-order valence-electron chi connectivity index (χ3n) is 3.36. The molecule has 1 saturated carbocycles. The SMILES string of the molecule is CC1(O)CC(Nc2c(C(=O)O)cc(Br)cc2C(F)(F)F)C1. The zero-order valence-electron chi connectivity index (χ0n) is 11.0. The van der Waals surface area contributed by atoms with E-state index >= 15 is 0 Å². The Morgan fingerprint density at radius 2 is 2.00 bits per heavy atom. The number of halogens is 4. The molecule has 4 nitrogen and oxygen atoms in total. The van der Waals surface area contributed by atoms with E-state index in [9.17, 15) is 23.1 Å². The molecule has 0 amide bonds. The highest BCUT2D eigenvalue weighted by Gasteiger charge is 2.41. The quantitative estimate of drug-likeness (QED) is 0.764. The number of carbonyl (C=O) groups is 1. The number of anilines is 1. The summed E-state index contributed by atoms with van der Waals surface area (Å²) in [6.07, 6.45) is -4.15. The molecule has 0 atom stereocenters. The molecule has 0 radical (unpaired) electrons. The van der Waals surface area contributed by atoms with Crippen molar-refractivity contribution in [2.75, 3.05) is 5.32 Å². The van der Waals surface area contributed by atoms with Crippen LogP contribution in [0.25, 0.3) is 0 Å². The maximum Gasteiger partial charge on any atom is 0.418 e. The smallest absolute Gasteiger partial charge is 0.418 e. The number of hydrogen-bond acceptors (Lipinski definition) is 3. The average molecular weight is 368 g/mol. The van der Waals surface area contributed by atoms with Gasteiger partial charge in [-0.2, -0.15) is 13.2 Å². The van der Waals surface area contributed by atoms with Crippen LogP contribution < -0.4 is 5.32 Å². The molecule has 0 heterocycles. The molecule has 1 aromatic rings. The minimum Gasteiger partial charge on any atom is -0.478 e. The predicted molar refractivity (Wildman–Crippen MR) is 73.4 cm³/mol. The highest BCUT2D eigenvalue weighted by Crippen LogP contribution is 2.41. The van der Waals surface area contributed by atoms with Crippen molar-refractivity contribution >= 4 is 27.6 Å². The molecule has 116 valence electrons. The van der Waals surface area contributed by atoms with Crippen molar-refractivity contribution in [3.05, 3.63) is 27.7 Å². The lowest BCUT2D eigenvalue weighted by molar-refractivity contribution is -0.137. The van der Waals surface area contributed by atoms with Crippen molar-refractivity contribution in [2.24, 2.45) is 0 Å². The Balaban J connectivity index is 2.43. The van der Waals surface area contributed by atoms with Gasteiger partial charge in [-0.3, -0.25) is 0 Å². The second kappa shape index (κ2) is 5.17. The molecule has 0 unspecified atom stereocenters. The average Bonchev–Trinajstić information content (AvgIpc) is 2.26. The predicted octanol–water partition coefficient (Wildman–Crippen LogP) is 3.49. The molecule has 0 spiro atoms. The van der Waals surface area contributed by atoms with E-state index < -0.39 is 34.6 Å². The van der Waals surface area contributed by atoms with Crippen molar-refractivity contribution in [1.29, 1.82) is 0 Å². The van der Waals surface area contributed by atoms with Gasteiger partial charge in [0.05, 0.1) is 22.4 Å². The van der Waals surface area contributed by atoms with Crippen LogP contribution in [0, 0.1) is 0 Å². The van der Waals surface area contributed by atoms with Crippen LogP contribution >= 0.6 is 15.9 Å². The second-order valence-corrected chi connectivity index (χ2v) is 6.34. The lowest BCUT2D eigenvalue weighted by Crippen LogP contribution is -2.48. The van der Waals surface area contributed by atoms with Gasteiger partial charge in [-0.05, 0) is 31.9 Å². The van der Waals surface area contributed by atoms with Crippen LogP contribution in [-0.4, -0.2) is 27.8 Å². The monoisotopic (exact) mass is 367 g/mol. The van der Waals surface area contributed by atoms with Crippen LogP contribution in [0.2, 0.25) is 0 Å². The minimum absolute atomic E-state index is 0.0402. The maximum absolute atomic E-state index is 13.1. The van der Waals surface area contributed by atoms with Gasteiger partial charge in [0.15, 0.2) is 0 Å². The van der Waals surface area contributed by atoms with Crippen LogP contribution in [0.4, 0.5) is 18.9 Å². The van der Waals surface area contributed by atoms with Gasteiger partial charge in [0.25, 0.3) is 0 Å². The fourth-order valence-corrected chi connectivity index (χ4v) is 2.92. The van der Waals surface area contributed by atoms with E-state index in [2.05, 4.69) is 21.2 Å². The third kappa shape index (κ3) is 3.49. The van der Waals surface area contributed by atoms with Gasteiger partial charge in [0, 0.05) is 10.5 Å². The number of carboxylic acids is 1. The van der Waals surface area contributed by atoms with E-state index in [0.717, 1.165) is 12.1 Å². The van der Waals surface area contributed by atoms with E-state index in [1.807, 2.05) is 0 Å². The first-order chi connectivity index (χ1) is 9.49. The third-order valence-corrected chi connectivity index (χ3v) is 3.82. The summed E-state index contributed by atoms with van der Waals surface area (Å²) in [5, 5.41) is 21.3. The molecule has 1 aromatic carbocycles. The Labute approximate surface area is 127 Å². The summed E-state index contributed by atoms with van der Waals surface area (Å²) in [6.45, 7) is 1.58. The first-order valence-corrected chi connectivity index (χ1v) is 6.92. The lowest BCUT2D eigenvalue weighted by Gasteiger charge is -2.42. The van der Waals surface area contributed by atoms with Crippen LogP contribution in [0.3, 0.4) is 0 Å². The maximum atomic E-state index is 13.1.